The number of anilines is 2. The van der Waals surface area contributed by atoms with Crippen molar-refractivity contribution in [2.45, 2.75) is 65.2 Å². The molecular formula is C30H49N3O2. The van der Waals surface area contributed by atoms with Crippen molar-refractivity contribution in [3.8, 4) is 0 Å². The van der Waals surface area contributed by atoms with Crippen LogP contribution in [0.5, 0.6) is 0 Å². The largest absolute Gasteiger partial charge is 0.381 e. The quantitative estimate of drug-likeness (QED) is 0.560. The summed E-state index contributed by atoms with van der Waals surface area (Å²) >= 11 is 0. The molecule has 196 valence electrons. The van der Waals surface area contributed by atoms with Crippen molar-refractivity contribution >= 4 is 11.4 Å². The average Bonchev–Trinajstić information content (AvgIpc) is 2.89. The van der Waals surface area contributed by atoms with Crippen molar-refractivity contribution in [1.82, 2.24) is 4.90 Å². The van der Waals surface area contributed by atoms with E-state index < -0.39 is 0 Å². The van der Waals surface area contributed by atoms with Crippen molar-refractivity contribution in [2.75, 3.05) is 82.0 Å². The highest BCUT2D eigenvalue weighted by molar-refractivity contribution is 5.65. The Morgan fingerprint density at radius 3 is 2.06 bits per heavy atom. The first-order valence-corrected chi connectivity index (χ1v) is 14.5. The molecule has 0 unspecified atom stereocenters. The van der Waals surface area contributed by atoms with Crippen LogP contribution in [0, 0.1) is 17.3 Å². The highest BCUT2D eigenvalue weighted by Crippen LogP contribution is 2.46. The molecule has 5 nitrogen and oxygen atoms in total. The van der Waals surface area contributed by atoms with Gasteiger partial charge in [0.2, 0.25) is 0 Å². The van der Waals surface area contributed by atoms with E-state index in [4.69, 9.17) is 9.47 Å². The Morgan fingerprint density at radius 1 is 0.743 bits per heavy atom. The van der Waals surface area contributed by atoms with Crippen LogP contribution in [0.2, 0.25) is 0 Å². The predicted molar refractivity (Wildman–Crippen MR) is 146 cm³/mol. The van der Waals surface area contributed by atoms with E-state index >= 15 is 0 Å². The first kappa shape index (κ1) is 25.4. The minimum Gasteiger partial charge on any atom is -0.381 e. The summed E-state index contributed by atoms with van der Waals surface area (Å²) in [5.74, 6) is 2.40. The van der Waals surface area contributed by atoms with Gasteiger partial charge in [0, 0.05) is 70.4 Å². The third-order valence-electron chi connectivity index (χ3n) is 9.35. The highest BCUT2D eigenvalue weighted by Gasteiger charge is 2.32. The first-order valence-electron chi connectivity index (χ1n) is 14.5. The van der Waals surface area contributed by atoms with E-state index in [1.54, 1.807) is 5.56 Å². The summed E-state index contributed by atoms with van der Waals surface area (Å²) in [5.41, 5.74) is 4.97. The van der Waals surface area contributed by atoms with Crippen molar-refractivity contribution in [2.24, 2.45) is 17.3 Å². The Hall–Kier alpha value is -1.30. The molecule has 1 aromatic rings. The molecule has 0 radical (unpaired) electrons. The number of nitrogens with zero attached hydrogens (tertiary/aromatic N) is 3. The maximum absolute atomic E-state index is 5.63. The fourth-order valence-electron chi connectivity index (χ4n) is 6.91. The number of ether oxygens (including phenoxy) is 2. The zero-order valence-corrected chi connectivity index (χ0v) is 22.6. The van der Waals surface area contributed by atoms with Crippen LogP contribution in [0.3, 0.4) is 0 Å². The van der Waals surface area contributed by atoms with Gasteiger partial charge in [-0.05, 0) is 79.4 Å². The van der Waals surface area contributed by atoms with Crippen LogP contribution >= 0.6 is 0 Å². The number of morpholine rings is 1. The van der Waals surface area contributed by atoms with E-state index in [0.717, 1.165) is 64.4 Å². The Kier molecular flexibility index (Phi) is 8.25. The molecule has 1 aromatic carbocycles. The third-order valence-corrected chi connectivity index (χ3v) is 9.35. The highest BCUT2D eigenvalue weighted by atomic mass is 16.5. The summed E-state index contributed by atoms with van der Waals surface area (Å²) in [5, 5.41) is 0. The number of benzene rings is 1. The van der Waals surface area contributed by atoms with Gasteiger partial charge in [-0.1, -0.05) is 26.8 Å². The van der Waals surface area contributed by atoms with Crippen LogP contribution < -0.4 is 9.80 Å². The van der Waals surface area contributed by atoms with E-state index in [2.05, 4.69) is 53.7 Å². The molecule has 3 aliphatic heterocycles. The molecule has 0 aromatic heterocycles. The zero-order valence-electron chi connectivity index (χ0n) is 22.6. The lowest BCUT2D eigenvalue weighted by molar-refractivity contribution is 0.0517. The lowest BCUT2D eigenvalue weighted by Crippen LogP contribution is -2.48. The van der Waals surface area contributed by atoms with Gasteiger partial charge in [-0.2, -0.15) is 0 Å². The maximum Gasteiger partial charge on any atom is 0.0642 e. The van der Waals surface area contributed by atoms with E-state index in [1.807, 2.05) is 0 Å². The second-order valence-corrected chi connectivity index (χ2v) is 12.6. The molecule has 4 aliphatic rings. The van der Waals surface area contributed by atoms with Gasteiger partial charge in [-0.3, -0.25) is 4.90 Å². The molecule has 4 fully saturated rings. The molecule has 0 spiro atoms. The monoisotopic (exact) mass is 483 g/mol. The second kappa shape index (κ2) is 11.4. The topological polar surface area (TPSA) is 28.2 Å². The fraction of sp³-hybridized carbons (Fsp3) is 0.800. The molecule has 35 heavy (non-hydrogen) atoms. The fourth-order valence-corrected chi connectivity index (χ4v) is 6.91. The summed E-state index contributed by atoms with van der Waals surface area (Å²) < 4.78 is 11.2. The normalized spacial score (nSPS) is 27.9. The van der Waals surface area contributed by atoms with Gasteiger partial charge in [-0.15, -0.1) is 0 Å². The number of rotatable bonds is 5. The van der Waals surface area contributed by atoms with Gasteiger partial charge in [0.15, 0.2) is 0 Å². The van der Waals surface area contributed by atoms with E-state index in [1.165, 1.54) is 69.5 Å². The summed E-state index contributed by atoms with van der Waals surface area (Å²) in [6.45, 7) is 18.9. The van der Waals surface area contributed by atoms with Gasteiger partial charge in [0.25, 0.3) is 0 Å². The molecular weight excluding hydrogens is 434 g/mol. The van der Waals surface area contributed by atoms with Crippen molar-refractivity contribution in [3.05, 3.63) is 23.8 Å². The average molecular weight is 484 g/mol. The Morgan fingerprint density at radius 2 is 1.40 bits per heavy atom. The van der Waals surface area contributed by atoms with E-state index in [0.29, 0.717) is 11.3 Å². The van der Waals surface area contributed by atoms with Crippen LogP contribution in [0.15, 0.2) is 18.2 Å². The lowest BCUT2D eigenvalue weighted by atomic mass is 9.68. The molecule has 1 aliphatic carbocycles. The number of piperazine rings is 1. The van der Waals surface area contributed by atoms with Gasteiger partial charge in [0.05, 0.1) is 13.2 Å². The summed E-state index contributed by atoms with van der Waals surface area (Å²) in [4.78, 5) is 7.96. The van der Waals surface area contributed by atoms with Gasteiger partial charge >= 0.3 is 0 Å². The Balaban J connectivity index is 1.29. The van der Waals surface area contributed by atoms with Gasteiger partial charge in [-0.25, -0.2) is 0 Å². The smallest absolute Gasteiger partial charge is 0.0642 e. The second-order valence-electron chi connectivity index (χ2n) is 12.6. The van der Waals surface area contributed by atoms with E-state index in [-0.39, 0.29) is 0 Å². The standard InChI is InChI=1S/C30H49N3O2/c1-30(2,3)26-6-4-25(5-7-26)28-9-8-27(32-16-20-35-21-17-32)22-29(28)33-14-12-31(13-15-33)23-24-10-18-34-19-11-24/h8-9,22,24-26H,4-7,10-21,23H2,1-3H3. The molecule has 0 atom stereocenters. The molecule has 0 N–H and O–H groups in total. The minimum atomic E-state index is 0.439. The predicted octanol–water partition coefficient (Wildman–Crippen LogP) is 5.39. The van der Waals surface area contributed by atoms with E-state index in [9.17, 15) is 0 Å². The molecule has 1 saturated carbocycles. The first-order chi connectivity index (χ1) is 17.0. The molecule has 3 heterocycles. The Bertz CT molecular complexity index is 794. The molecule has 0 amide bonds. The third kappa shape index (κ3) is 6.34. The van der Waals surface area contributed by atoms with Crippen molar-refractivity contribution in [3.63, 3.8) is 0 Å². The molecule has 5 heteroatoms. The summed E-state index contributed by atoms with van der Waals surface area (Å²) in [6, 6.07) is 7.43. The van der Waals surface area contributed by atoms with Crippen molar-refractivity contribution < 1.29 is 9.47 Å². The molecule has 5 rings (SSSR count). The Labute approximate surface area is 214 Å². The van der Waals surface area contributed by atoms with Crippen LogP contribution in [0.25, 0.3) is 0 Å². The van der Waals surface area contributed by atoms with Gasteiger partial charge in [0.1, 0.15) is 0 Å². The summed E-state index contributed by atoms with van der Waals surface area (Å²) in [6.07, 6.45) is 7.91. The maximum atomic E-state index is 5.63. The van der Waals surface area contributed by atoms with Gasteiger partial charge < -0.3 is 19.3 Å². The summed E-state index contributed by atoms with van der Waals surface area (Å²) in [7, 11) is 0. The van der Waals surface area contributed by atoms with Crippen molar-refractivity contribution in [1.29, 1.82) is 0 Å². The van der Waals surface area contributed by atoms with Crippen LogP contribution in [0.1, 0.15) is 70.8 Å². The molecule has 3 saturated heterocycles. The number of hydrogen-bond donors (Lipinski definition) is 0. The number of hydrogen-bond acceptors (Lipinski definition) is 5. The van der Waals surface area contributed by atoms with Crippen LogP contribution in [-0.4, -0.2) is 77.1 Å². The zero-order chi connectivity index (χ0) is 24.3. The lowest BCUT2D eigenvalue weighted by Gasteiger charge is -2.41. The molecule has 0 bridgehead atoms. The SMILES string of the molecule is CC(C)(C)C1CCC(c2ccc(N3CCOCC3)cc2N2CCN(CC3CCOCC3)CC2)CC1. The van der Waals surface area contributed by atoms with Crippen LogP contribution in [0.4, 0.5) is 11.4 Å². The minimum absolute atomic E-state index is 0.439. The van der Waals surface area contributed by atoms with Crippen LogP contribution in [-0.2, 0) is 9.47 Å².